The Kier molecular flexibility index (Phi) is 8.22. The summed E-state index contributed by atoms with van der Waals surface area (Å²) in [6.07, 6.45) is 3.74. The highest BCUT2D eigenvalue weighted by molar-refractivity contribution is 5.77. The summed E-state index contributed by atoms with van der Waals surface area (Å²) in [4.78, 5) is 22.0. The van der Waals surface area contributed by atoms with Crippen molar-refractivity contribution in [3.05, 3.63) is 0 Å². The normalized spacial score (nSPS) is 17.6. The molecule has 1 amide bonds. The van der Waals surface area contributed by atoms with Crippen LogP contribution < -0.4 is 10.6 Å². The van der Waals surface area contributed by atoms with E-state index in [9.17, 15) is 9.59 Å². The zero-order valence-corrected chi connectivity index (χ0v) is 12.2. The molecule has 0 aromatic rings. The van der Waals surface area contributed by atoms with Gasteiger partial charge in [0, 0.05) is 13.0 Å². The molecule has 0 radical (unpaired) electrons. The van der Waals surface area contributed by atoms with Crippen molar-refractivity contribution in [1.82, 2.24) is 10.6 Å². The Balaban J connectivity index is 2.00. The third-order valence-corrected chi connectivity index (χ3v) is 3.55. The van der Waals surface area contributed by atoms with E-state index in [1.54, 1.807) is 0 Å². The maximum absolute atomic E-state index is 11.6. The molecule has 20 heavy (non-hydrogen) atoms. The molecule has 6 heteroatoms. The average Bonchev–Trinajstić information content (AvgIpc) is 2.44. The number of hydrogen-bond acceptors (Lipinski definition) is 4. The quantitative estimate of drug-likeness (QED) is 0.582. The molecule has 0 aromatic carbocycles. The number of nitrogens with one attached hydrogen (secondary N) is 2. The van der Waals surface area contributed by atoms with Gasteiger partial charge in [0.15, 0.2) is 0 Å². The maximum atomic E-state index is 11.6. The van der Waals surface area contributed by atoms with Gasteiger partial charge in [0.2, 0.25) is 5.91 Å². The smallest absolute Gasteiger partial charge is 0.303 e. The second-order valence-corrected chi connectivity index (χ2v) is 5.44. The minimum atomic E-state index is -0.767. The van der Waals surface area contributed by atoms with Crippen LogP contribution in [-0.2, 0) is 14.3 Å². The van der Waals surface area contributed by atoms with E-state index in [4.69, 9.17) is 9.84 Å². The van der Waals surface area contributed by atoms with Gasteiger partial charge >= 0.3 is 5.97 Å². The van der Waals surface area contributed by atoms with E-state index in [1.807, 2.05) is 6.92 Å². The summed E-state index contributed by atoms with van der Waals surface area (Å²) in [6.45, 7) is 4.60. The Labute approximate surface area is 120 Å². The van der Waals surface area contributed by atoms with Crippen molar-refractivity contribution in [2.45, 2.75) is 45.1 Å². The molecule has 1 atom stereocenters. The topological polar surface area (TPSA) is 87.7 Å². The van der Waals surface area contributed by atoms with E-state index in [2.05, 4.69) is 10.6 Å². The molecule has 0 spiro atoms. The Morgan fingerprint density at radius 1 is 1.35 bits per heavy atom. The van der Waals surface area contributed by atoms with E-state index in [1.165, 1.54) is 0 Å². The minimum Gasteiger partial charge on any atom is -0.481 e. The van der Waals surface area contributed by atoms with Gasteiger partial charge in [-0.3, -0.25) is 9.59 Å². The monoisotopic (exact) mass is 286 g/mol. The first kappa shape index (κ1) is 16.9. The van der Waals surface area contributed by atoms with Crippen LogP contribution in [-0.4, -0.2) is 49.3 Å². The first-order chi connectivity index (χ1) is 9.58. The summed E-state index contributed by atoms with van der Waals surface area (Å²) in [5, 5.41) is 14.6. The number of carboxylic acids is 1. The van der Waals surface area contributed by atoms with Crippen molar-refractivity contribution in [3.63, 3.8) is 0 Å². The maximum Gasteiger partial charge on any atom is 0.303 e. The van der Waals surface area contributed by atoms with Gasteiger partial charge < -0.3 is 20.5 Å². The molecule has 0 saturated carbocycles. The highest BCUT2D eigenvalue weighted by Gasteiger charge is 2.14. The third kappa shape index (κ3) is 8.12. The Morgan fingerprint density at radius 3 is 2.70 bits per heavy atom. The predicted molar refractivity (Wildman–Crippen MR) is 75.5 cm³/mol. The molecule has 0 aromatic heterocycles. The first-order valence-corrected chi connectivity index (χ1v) is 7.38. The standard InChI is InChI=1S/C14H26N2O4/c1-11(2-3-14(18)19)4-9-16-13(17)10-20-12-5-7-15-8-6-12/h11-12,15H,2-10H2,1H3,(H,16,17)(H,18,19). The summed E-state index contributed by atoms with van der Waals surface area (Å²) >= 11 is 0. The van der Waals surface area contributed by atoms with Gasteiger partial charge in [-0.1, -0.05) is 6.92 Å². The summed E-state index contributed by atoms with van der Waals surface area (Å²) in [5.41, 5.74) is 0. The molecular weight excluding hydrogens is 260 g/mol. The summed E-state index contributed by atoms with van der Waals surface area (Å²) in [6, 6.07) is 0. The SMILES string of the molecule is CC(CCNC(=O)COC1CCNCC1)CCC(=O)O. The fraction of sp³-hybridized carbons (Fsp3) is 0.857. The lowest BCUT2D eigenvalue weighted by molar-refractivity contribution is -0.137. The number of carbonyl (C=O) groups excluding carboxylic acids is 1. The summed E-state index contributed by atoms with van der Waals surface area (Å²) in [7, 11) is 0. The number of amides is 1. The van der Waals surface area contributed by atoms with Crippen LogP contribution >= 0.6 is 0 Å². The van der Waals surface area contributed by atoms with Gasteiger partial charge in [0.1, 0.15) is 6.61 Å². The molecule has 0 aliphatic carbocycles. The van der Waals surface area contributed by atoms with Gasteiger partial charge in [0.25, 0.3) is 0 Å². The Morgan fingerprint density at radius 2 is 2.05 bits per heavy atom. The van der Waals surface area contributed by atoms with Crippen molar-refractivity contribution >= 4 is 11.9 Å². The van der Waals surface area contributed by atoms with Gasteiger partial charge in [-0.05, 0) is 44.7 Å². The molecule has 1 rings (SSSR count). The van der Waals surface area contributed by atoms with Crippen LogP contribution in [0.2, 0.25) is 0 Å². The number of carboxylic acid groups (broad SMARTS) is 1. The van der Waals surface area contributed by atoms with Crippen LogP contribution in [0.5, 0.6) is 0 Å². The lowest BCUT2D eigenvalue weighted by Gasteiger charge is -2.22. The van der Waals surface area contributed by atoms with Gasteiger partial charge in [0.05, 0.1) is 6.10 Å². The number of carbonyl (C=O) groups is 2. The highest BCUT2D eigenvalue weighted by atomic mass is 16.5. The fourth-order valence-corrected chi connectivity index (χ4v) is 2.18. The zero-order chi connectivity index (χ0) is 14.8. The second-order valence-electron chi connectivity index (χ2n) is 5.44. The molecule has 1 unspecified atom stereocenters. The number of piperidine rings is 1. The average molecular weight is 286 g/mol. The van der Waals surface area contributed by atoms with Crippen LogP contribution in [0.15, 0.2) is 0 Å². The second kappa shape index (κ2) is 9.72. The van der Waals surface area contributed by atoms with Gasteiger partial charge in [-0.2, -0.15) is 0 Å². The van der Waals surface area contributed by atoms with Gasteiger partial charge in [-0.25, -0.2) is 0 Å². The first-order valence-electron chi connectivity index (χ1n) is 7.38. The summed E-state index contributed by atoms with van der Waals surface area (Å²) < 4.78 is 5.55. The molecule has 1 fully saturated rings. The zero-order valence-electron chi connectivity index (χ0n) is 12.2. The highest BCUT2D eigenvalue weighted by Crippen LogP contribution is 2.09. The van der Waals surface area contributed by atoms with E-state index in [0.29, 0.717) is 18.9 Å². The van der Waals surface area contributed by atoms with Crippen LogP contribution in [0.25, 0.3) is 0 Å². The molecule has 3 N–H and O–H groups in total. The molecular formula is C14H26N2O4. The third-order valence-electron chi connectivity index (χ3n) is 3.55. The van der Waals surface area contributed by atoms with E-state index in [0.717, 1.165) is 32.4 Å². The van der Waals surface area contributed by atoms with Crippen molar-refractivity contribution in [1.29, 1.82) is 0 Å². The Bertz CT molecular complexity index is 304. The molecule has 1 saturated heterocycles. The number of hydrogen-bond donors (Lipinski definition) is 3. The van der Waals surface area contributed by atoms with Crippen molar-refractivity contribution in [2.75, 3.05) is 26.2 Å². The number of aliphatic carboxylic acids is 1. The van der Waals surface area contributed by atoms with Crippen molar-refractivity contribution < 1.29 is 19.4 Å². The van der Waals surface area contributed by atoms with E-state index >= 15 is 0 Å². The molecule has 1 aliphatic heterocycles. The van der Waals surface area contributed by atoms with Crippen molar-refractivity contribution in [2.24, 2.45) is 5.92 Å². The van der Waals surface area contributed by atoms with Crippen molar-refractivity contribution in [3.8, 4) is 0 Å². The van der Waals surface area contributed by atoms with Crippen LogP contribution in [0.4, 0.5) is 0 Å². The lowest BCUT2D eigenvalue weighted by Crippen LogP contribution is -2.36. The minimum absolute atomic E-state index is 0.0889. The fourth-order valence-electron chi connectivity index (χ4n) is 2.18. The molecule has 116 valence electrons. The molecule has 6 nitrogen and oxygen atoms in total. The van der Waals surface area contributed by atoms with E-state index < -0.39 is 5.97 Å². The van der Waals surface area contributed by atoms with Crippen LogP contribution in [0.1, 0.15) is 39.0 Å². The van der Waals surface area contributed by atoms with Crippen LogP contribution in [0.3, 0.4) is 0 Å². The van der Waals surface area contributed by atoms with E-state index in [-0.39, 0.29) is 25.0 Å². The predicted octanol–water partition coefficient (Wildman–Crippen LogP) is 0.762. The molecule has 1 heterocycles. The van der Waals surface area contributed by atoms with Gasteiger partial charge in [-0.15, -0.1) is 0 Å². The number of rotatable bonds is 9. The van der Waals surface area contributed by atoms with Crippen LogP contribution in [0, 0.1) is 5.92 Å². The summed E-state index contributed by atoms with van der Waals surface area (Å²) in [5.74, 6) is -0.554. The lowest BCUT2D eigenvalue weighted by atomic mass is 10.0. The molecule has 0 bridgehead atoms. The Hall–Kier alpha value is -1.14. The number of ether oxygens (including phenoxy) is 1. The molecule has 1 aliphatic rings. The largest absolute Gasteiger partial charge is 0.481 e.